The first-order chi connectivity index (χ1) is 9.65. The zero-order valence-corrected chi connectivity index (χ0v) is 11.2. The summed E-state index contributed by atoms with van der Waals surface area (Å²) >= 11 is 5.69. The van der Waals surface area contributed by atoms with Crippen molar-refractivity contribution in [2.75, 3.05) is 11.1 Å². The van der Waals surface area contributed by atoms with Crippen molar-refractivity contribution in [1.82, 2.24) is 4.98 Å². The van der Waals surface area contributed by atoms with Gasteiger partial charge in [0, 0.05) is 23.3 Å². The third kappa shape index (κ3) is 2.26. The maximum Gasteiger partial charge on any atom is 0.144 e. The lowest BCUT2D eigenvalue weighted by atomic mass is 10.1. The van der Waals surface area contributed by atoms with Gasteiger partial charge in [0.15, 0.2) is 0 Å². The van der Waals surface area contributed by atoms with Crippen LogP contribution in [0.3, 0.4) is 0 Å². The number of pyridine rings is 1. The summed E-state index contributed by atoms with van der Waals surface area (Å²) in [6, 6.07) is 12.1. The zero-order valence-electron chi connectivity index (χ0n) is 10.4. The van der Waals surface area contributed by atoms with Gasteiger partial charge in [0.1, 0.15) is 5.82 Å². The molecular formula is C15H11ClFN3. The third-order valence-corrected chi connectivity index (χ3v) is 3.30. The number of hydrogen-bond donors (Lipinski definition) is 2. The number of nitrogens with one attached hydrogen (secondary N) is 1. The van der Waals surface area contributed by atoms with E-state index < -0.39 is 5.82 Å². The molecule has 5 heteroatoms. The highest BCUT2D eigenvalue weighted by Crippen LogP contribution is 2.31. The molecule has 0 fully saturated rings. The van der Waals surface area contributed by atoms with Crippen molar-refractivity contribution < 1.29 is 4.39 Å². The van der Waals surface area contributed by atoms with E-state index in [1.54, 1.807) is 6.20 Å². The van der Waals surface area contributed by atoms with Gasteiger partial charge in [-0.25, -0.2) is 4.39 Å². The van der Waals surface area contributed by atoms with E-state index in [0.717, 1.165) is 16.6 Å². The molecule has 1 aromatic heterocycles. The Hall–Kier alpha value is -2.33. The van der Waals surface area contributed by atoms with Gasteiger partial charge < -0.3 is 11.1 Å². The summed E-state index contributed by atoms with van der Waals surface area (Å²) in [5.74, 6) is -0.512. The average Bonchev–Trinajstić information content (AvgIpc) is 2.45. The molecule has 0 aliphatic heterocycles. The Bertz CT molecular complexity index is 784. The molecule has 0 spiro atoms. The van der Waals surface area contributed by atoms with Gasteiger partial charge in [-0.3, -0.25) is 4.98 Å². The van der Waals surface area contributed by atoms with Gasteiger partial charge >= 0.3 is 0 Å². The van der Waals surface area contributed by atoms with Crippen molar-refractivity contribution in [3.8, 4) is 0 Å². The lowest BCUT2D eigenvalue weighted by Crippen LogP contribution is -1.98. The van der Waals surface area contributed by atoms with Crippen molar-refractivity contribution >= 4 is 39.6 Å². The van der Waals surface area contributed by atoms with Crippen LogP contribution in [0.15, 0.2) is 48.7 Å². The molecule has 0 saturated carbocycles. The Kier molecular flexibility index (Phi) is 3.16. The first-order valence-electron chi connectivity index (χ1n) is 6.00. The van der Waals surface area contributed by atoms with Crippen molar-refractivity contribution in [1.29, 1.82) is 0 Å². The van der Waals surface area contributed by atoms with Gasteiger partial charge in [-0.1, -0.05) is 17.7 Å². The van der Waals surface area contributed by atoms with E-state index >= 15 is 0 Å². The summed E-state index contributed by atoms with van der Waals surface area (Å²) in [5, 5.41) is 4.06. The fourth-order valence-corrected chi connectivity index (χ4v) is 2.20. The molecular weight excluding hydrogens is 277 g/mol. The standard InChI is InChI=1S/C15H11ClFN3/c16-10-7-12(18)15(8-11(10)17)20-14-5-1-4-13-9(14)3-2-6-19-13/h1-8,20H,18H2. The predicted molar refractivity (Wildman–Crippen MR) is 80.8 cm³/mol. The Balaban J connectivity index is 2.08. The molecule has 0 atom stereocenters. The molecule has 20 heavy (non-hydrogen) atoms. The molecule has 0 unspecified atom stereocenters. The minimum absolute atomic E-state index is 0.00707. The molecule has 100 valence electrons. The van der Waals surface area contributed by atoms with Gasteiger partial charge in [0.05, 0.1) is 21.9 Å². The number of nitrogens with two attached hydrogens (primary N) is 1. The Morgan fingerprint density at radius 2 is 1.95 bits per heavy atom. The summed E-state index contributed by atoms with van der Waals surface area (Å²) in [4.78, 5) is 4.27. The Labute approximate surface area is 120 Å². The van der Waals surface area contributed by atoms with Crippen LogP contribution in [0.5, 0.6) is 0 Å². The fourth-order valence-electron chi connectivity index (χ4n) is 2.03. The largest absolute Gasteiger partial charge is 0.397 e. The summed E-state index contributed by atoms with van der Waals surface area (Å²) in [6.45, 7) is 0. The smallest absolute Gasteiger partial charge is 0.144 e. The maximum atomic E-state index is 13.5. The van der Waals surface area contributed by atoms with Crippen LogP contribution in [-0.4, -0.2) is 4.98 Å². The predicted octanol–water partition coefficient (Wildman–Crippen LogP) is 4.35. The van der Waals surface area contributed by atoms with Gasteiger partial charge in [-0.15, -0.1) is 0 Å². The summed E-state index contributed by atoms with van der Waals surface area (Å²) in [7, 11) is 0. The molecule has 0 radical (unpaired) electrons. The third-order valence-electron chi connectivity index (χ3n) is 3.01. The zero-order chi connectivity index (χ0) is 14.1. The number of hydrogen-bond acceptors (Lipinski definition) is 3. The SMILES string of the molecule is Nc1cc(Cl)c(F)cc1Nc1cccc2ncccc12. The molecule has 0 aliphatic carbocycles. The van der Waals surface area contributed by atoms with Gasteiger partial charge in [-0.2, -0.15) is 0 Å². The van der Waals surface area contributed by atoms with E-state index in [4.69, 9.17) is 17.3 Å². The second-order valence-electron chi connectivity index (χ2n) is 4.35. The number of nitrogen functional groups attached to an aromatic ring is 1. The Morgan fingerprint density at radius 3 is 2.80 bits per heavy atom. The minimum atomic E-state index is -0.512. The van der Waals surface area contributed by atoms with Crippen LogP contribution >= 0.6 is 11.6 Å². The molecule has 0 saturated heterocycles. The number of halogens is 2. The quantitative estimate of drug-likeness (QED) is 0.689. The molecule has 0 aliphatic rings. The minimum Gasteiger partial charge on any atom is -0.397 e. The molecule has 0 bridgehead atoms. The van der Waals surface area contributed by atoms with Gasteiger partial charge in [-0.05, 0) is 30.3 Å². The van der Waals surface area contributed by atoms with Crippen LogP contribution < -0.4 is 11.1 Å². The molecule has 0 amide bonds. The summed E-state index contributed by atoms with van der Waals surface area (Å²) in [5.41, 5.74) is 8.38. The number of benzene rings is 2. The second kappa shape index (κ2) is 4.98. The van der Waals surface area contributed by atoms with E-state index in [2.05, 4.69) is 10.3 Å². The lowest BCUT2D eigenvalue weighted by molar-refractivity contribution is 0.629. The van der Waals surface area contributed by atoms with Crippen LogP contribution in [0.1, 0.15) is 0 Å². The Morgan fingerprint density at radius 1 is 1.10 bits per heavy atom. The van der Waals surface area contributed by atoms with Crippen molar-refractivity contribution in [2.45, 2.75) is 0 Å². The normalized spacial score (nSPS) is 10.7. The van der Waals surface area contributed by atoms with Crippen LogP contribution in [-0.2, 0) is 0 Å². The molecule has 1 heterocycles. The van der Waals surface area contributed by atoms with E-state index in [1.807, 2.05) is 30.3 Å². The molecule has 3 aromatic rings. The van der Waals surface area contributed by atoms with Crippen molar-refractivity contribution in [3.05, 3.63) is 59.5 Å². The summed E-state index contributed by atoms with van der Waals surface area (Å²) < 4.78 is 13.5. The van der Waals surface area contributed by atoms with E-state index in [0.29, 0.717) is 11.4 Å². The van der Waals surface area contributed by atoms with Gasteiger partial charge in [0.2, 0.25) is 0 Å². The highest BCUT2D eigenvalue weighted by atomic mass is 35.5. The highest BCUT2D eigenvalue weighted by molar-refractivity contribution is 6.31. The molecule has 2 aromatic carbocycles. The fraction of sp³-hybridized carbons (Fsp3) is 0. The second-order valence-corrected chi connectivity index (χ2v) is 4.76. The average molecular weight is 288 g/mol. The first-order valence-corrected chi connectivity index (χ1v) is 6.38. The van der Waals surface area contributed by atoms with Crippen LogP contribution in [0, 0.1) is 5.82 Å². The van der Waals surface area contributed by atoms with Crippen LogP contribution in [0.2, 0.25) is 5.02 Å². The monoisotopic (exact) mass is 287 g/mol. The van der Waals surface area contributed by atoms with Crippen molar-refractivity contribution in [2.24, 2.45) is 0 Å². The lowest BCUT2D eigenvalue weighted by Gasteiger charge is -2.12. The number of fused-ring (bicyclic) bond motifs is 1. The van der Waals surface area contributed by atoms with Gasteiger partial charge in [0.25, 0.3) is 0 Å². The number of nitrogens with zero attached hydrogens (tertiary/aromatic N) is 1. The first kappa shape index (κ1) is 12.7. The van der Waals surface area contributed by atoms with E-state index in [1.165, 1.54) is 12.1 Å². The molecule has 3 rings (SSSR count). The number of anilines is 3. The topological polar surface area (TPSA) is 50.9 Å². The highest BCUT2D eigenvalue weighted by Gasteiger charge is 2.08. The molecule has 3 N–H and O–H groups in total. The maximum absolute atomic E-state index is 13.5. The molecule has 3 nitrogen and oxygen atoms in total. The van der Waals surface area contributed by atoms with E-state index in [-0.39, 0.29) is 5.02 Å². The number of rotatable bonds is 2. The van der Waals surface area contributed by atoms with Crippen LogP contribution in [0.25, 0.3) is 10.9 Å². The number of aromatic nitrogens is 1. The van der Waals surface area contributed by atoms with Crippen molar-refractivity contribution in [3.63, 3.8) is 0 Å². The van der Waals surface area contributed by atoms with Crippen LogP contribution in [0.4, 0.5) is 21.5 Å². The van der Waals surface area contributed by atoms with E-state index in [9.17, 15) is 4.39 Å². The summed E-state index contributed by atoms with van der Waals surface area (Å²) in [6.07, 6.45) is 1.72.